The zero-order valence-electron chi connectivity index (χ0n) is 14.9. The average Bonchev–Trinajstić information content (AvgIpc) is 2.71. The Morgan fingerprint density at radius 3 is 1.75 bits per heavy atom. The Morgan fingerprint density at radius 2 is 1.29 bits per heavy atom. The van der Waals surface area contributed by atoms with E-state index in [9.17, 15) is 13.2 Å². The molecule has 0 heterocycles. The minimum atomic E-state index is -4.33. The minimum Gasteiger partial charge on any atom is -0.359 e. The lowest BCUT2D eigenvalue weighted by atomic mass is 9.99. The van der Waals surface area contributed by atoms with Gasteiger partial charge in [-0.05, 0) is 41.0 Å². The summed E-state index contributed by atoms with van der Waals surface area (Å²) in [7, 11) is 0. The van der Waals surface area contributed by atoms with Gasteiger partial charge in [-0.25, -0.2) is 0 Å². The SMILES string of the molecule is FC(F)(F)c1ccc(CNC(=S)NC(c2ccccc2)c2ccccc2)cc1. The fraction of sp³-hybridized carbons (Fsp3) is 0.136. The van der Waals surface area contributed by atoms with Crippen molar-refractivity contribution in [2.45, 2.75) is 18.8 Å². The third-order valence-electron chi connectivity index (χ3n) is 4.28. The minimum absolute atomic E-state index is 0.130. The maximum atomic E-state index is 12.7. The number of nitrogens with one attached hydrogen (secondary N) is 2. The number of thiocarbonyl (C=S) groups is 1. The van der Waals surface area contributed by atoms with E-state index in [2.05, 4.69) is 10.6 Å². The third kappa shape index (κ3) is 5.33. The van der Waals surface area contributed by atoms with E-state index < -0.39 is 11.7 Å². The second-order valence-electron chi connectivity index (χ2n) is 6.28. The fourth-order valence-electron chi connectivity index (χ4n) is 2.83. The van der Waals surface area contributed by atoms with Crippen LogP contribution in [0.2, 0.25) is 0 Å². The Hall–Kier alpha value is -2.86. The lowest BCUT2D eigenvalue weighted by molar-refractivity contribution is -0.137. The van der Waals surface area contributed by atoms with Crippen LogP contribution in [0, 0.1) is 0 Å². The van der Waals surface area contributed by atoms with Gasteiger partial charge in [-0.1, -0.05) is 72.8 Å². The Morgan fingerprint density at radius 1 is 0.786 bits per heavy atom. The highest BCUT2D eigenvalue weighted by Gasteiger charge is 2.29. The smallest absolute Gasteiger partial charge is 0.359 e. The molecule has 0 spiro atoms. The van der Waals surface area contributed by atoms with Crippen molar-refractivity contribution in [2.24, 2.45) is 0 Å². The van der Waals surface area contributed by atoms with E-state index in [0.717, 1.165) is 23.3 Å². The predicted molar refractivity (Wildman–Crippen MR) is 109 cm³/mol. The summed E-state index contributed by atoms with van der Waals surface area (Å²) in [5.74, 6) is 0. The average molecular weight is 400 g/mol. The zero-order chi connectivity index (χ0) is 20.0. The van der Waals surface area contributed by atoms with Crippen molar-refractivity contribution in [3.63, 3.8) is 0 Å². The molecule has 144 valence electrons. The Balaban J connectivity index is 1.66. The van der Waals surface area contributed by atoms with E-state index >= 15 is 0 Å². The molecule has 6 heteroatoms. The monoisotopic (exact) mass is 400 g/mol. The Bertz CT molecular complexity index is 855. The van der Waals surface area contributed by atoms with E-state index in [-0.39, 0.29) is 6.04 Å². The van der Waals surface area contributed by atoms with E-state index in [1.54, 1.807) is 0 Å². The molecule has 0 fully saturated rings. The van der Waals surface area contributed by atoms with Gasteiger partial charge in [0.05, 0.1) is 11.6 Å². The highest BCUT2D eigenvalue weighted by Crippen LogP contribution is 2.29. The molecule has 0 aliphatic rings. The van der Waals surface area contributed by atoms with Crippen molar-refractivity contribution in [3.05, 3.63) is 107 Å². The van der Waals surface area contributed by atoms with Crippen molar-refractivity contribution >= 4 is 17.3 Å². The van der Waals surface area contributed by atoms with Gasteiger partial charge in [-0.3, -0.25) is 0 Å². The summed E-state index contributed by atoms with van der Waals surface area (Å²) >= 11 is 5.41. The van der Waals surface area contributed by atoms with Crippen LogP contribution in [0.3, 0.4) is 0 Å². The molecule has 0 bridgehead atoms. The topological polar surface area (TPSA) is 24.1 Å². The molecule has 0 amide bonds. The lowest BCUT2D eigenvalue weighted by Gasteiger charge is -2.22. The summed E-state index contributed by atoms with van der Waals surface area (Å²) < 4.78 is 38.0. The van der Waals surface area contributed by atoms with Crippen molar-refractivity contribution < 1.29 is 13.2 Å². The summed E-state index contributed by atoms with van der Waals surface area (Å²) in [5, 5.41) is 6.79. The lowest BCUT2D eigenvalue weighted by Crippen LogP contribution is -2.37. The molecular weight excluding hydrogens is 381 g/mol. The molecule has 2 nitrogen and oxygen atoms in total. The molecule has 3 rings (SSSR count). The van der Waals surface area contributed by atoms with Gasteiger partial charge in [0.15, 0.2) is 5.11 Å². The molecule has 2 N–H and O–H groups in total. The fourth-order valence-corrected chi connectivity index (χ4v) is 3.02. The van der Waals surface area contributed by atoms with E-state index in [0.29, 0.717) is 17.2 Å². The van der Waals surface area contributed by atoms with Crippen LogP contribution < -0.4 is 10.6 Å². The van der Waals surface area contributed by atoms with Gasteiger partial charge >= 0.3 is 6.18 Å². The number of hydrogen-bond acceptors (Lipinski definition) is 1. The molecule has 3 aromatic rings. The maximum Gasteiger partial charge on any atom is 0.416 e. The third-order valence-corrected chi connectivity index (χ3v) is 4.54. The van der Waals surface area contributed by atoms with Crippen LogP contribution in [-0.4, -0.2) is 5.11 Å². The van der Waals surface area contributed by atoms with Crippen LogP contribution in [-0.2, 0) is 12.7 Å². The van der Waals surface area contributed by atoms with Crippen LogP contribution in [0.5, 0.6) is 0 Å². The summed E-state index contributed by atoms with van der Waals surface area (Å²) in [6.07, 6.45) is -4.33. The molecule has 0 atom stereocenters. The van der Waals surface area contributed by atoms with Gasteiger partial charge in [0, 0.05) is 6.54 Å². The van der Waals surface area contributed by atoms with Crippen LogP contribution >= 0.6 is 12.2 Å². The molecule has 0 saturated carbocycles. The zero-order valence-corrected chi connectivity index (χ0v) is 15.7. The van der Waals surface area contributed by atoms with Gasteiger partial charge in [0.2, 0.25) is 0 Å². The standard InChI is InChI=1S/C22H19F3N2S/c23-22(24,25)19-13-11-16(12-14-19)15-26-21(28)27-20(17-7-3-1-4-8-17)18-9-5-2-6-10-18/h1-14,20H,15H2,(H2,26,27,28). The van der Waals surface area contributed by atoms with Gasteiger partial charge < -0.3 is 10.6 Å². The van der Waals surface area contributed by atoms with Crippen molar-refractivity contribution in [1.82, 2.24) is 10.6 Å². The van der Waals surface area contributed by atoms with Crippen LogP contribution in [0.15, 0.2) is 84.9 Å². The Labute approximate surface area is 167 Å². The number of hydrogen-bond donors (Lipinski definition) is 2. The molecule has 0 radical (unpaired) electrons. The second kappa shape index (κ2) is 8.89. The largest absolute Gasteiger partial charge is 0.416 e. The normalized spacial score (nSPS) is 11.3. The van der Waals surface area contributed by atoms with Crippen LogP contribution in [0.4, 0.5) is 13.2 Å². The molecular formula is C22H19F3N2S. The first-order chi connectivity index (χ1) is 13.4. The van der Waals surface area contributed by atoms with Crippen LogP contribution in [0.25, 0.3) is 0 Å². The summed E-state index contributed by atoms with van der Waals surface area (Å²) in [6, 6.07) is 24.7. The van der Waals surface area contributed by atoms with E-state index in [1.165, 1.54) is 12.1 Å². The summed E-state index contributed by atoms with van der Waals surface area (Å²) in [5.41, 5.74) is 2.18. The molecule has 0 aliphatic carbocycles. The Kier molecular flexibility index (Phi) is 6.31. The number of halogens is 3. The van der Waals surface area contributed by atoms with Gasteiger partial charge in [-0.2, -0.15) is 13.2 Å². The maximum absolute atomic E-state index is 12.7. The van der Waals surface area contributed by atoms with Crippen LogP contribution in [0.1, 0.15) is 28.3 Å². The molecule has 0 aromatic heterocycles. The van der Waals surface area contributed by atoms with Crippen molar-refractivity contribution in [2.75, 3.05) is 0 Å². The highest BCUT2D eigenvalue weighted by atomic mass is 32.1. The first-order valence-corrected chi connectivity index (χ1v) is 9.15. The quantitative estimate of drug-likeness (QED) is 0.556. The second-order valence-corrected chi connectivity index (χ2v) is 6.68. The highest BCUT2D eigenvalue weighted by molar-refractivity contribution is 7.80. The first-order valence-electron chi connectivity index (χ1n) is 8.74. The van der Waals surface area contributed by atoms with Gasteiger partial charge in [0.25, 0.3) is 0 Å². The predicted octanol–water partition coefficient (Wildman–Crippen LogP) is 5.46. The molecule has 0 saturated heterocycles. The molecule has 0 unspecified atom stereocenters. The summed E-state index contributed by atoms with van der Waals surface area (Å²) in [4.78, 5) is 0. The number of rotatable bonds is 5. The van der Waals surface area contributed by atoms with E-state index in [4.69, 9.17) is 12.2 Å². The molecule has 3 aromatic carbocycles. The van der Waals surface area contributed by atoms with Gasteiger partial charge in [-0.15, -0.1) is 0 Å². The number of alkyl halides is 3. The molecule has 0 aliphatic heterocycles. The first kappa shape index (κ1) is 19.9. The summed E-state index contributed by atoms with van der Waals surface area (Å²) in [6.45, 7) is 0.334. The number of benzene rings is 3. The van der Waals surface area contributed by atoms with Crippen molar-refractivity contribution in [1.29, 1.82) is 0 Å². The molecule has 28 heavy (non-hydrogen) atoms. The van der Waals surface area contributed by atoms with Crippen molar-refractivity contribution in [3.8, 4) is 0 Å². The van der Waals surface area contributed by atoms with E-state index in [1.807, 2.05) is 60.7 Å². The van der Waals surface area contributed by atoms with Gasteiger partial charge in [0.1, 0.15) is 0 Å².